The molecule has 0 aliphatic carbocycles. The molecule has 1 aliphatic heterocycles. The van der Waals surface area contributed by atoms with E-state index in [1.54, 1.807) is 18.3 Å². The van der Waals surface area contributed by atoms with Gasteiger partial charge in [-0.05, 0) is 42.5 Å². The minimum atomic E-state index is -0.238. The van der Waals surface area contributed by atoms with Crippen molar-refractivity contribution in [3.8, 4) is 5.75 Å². The molecule has 1 N–H and O–H groups in total. The van der Waals surface area contributed by atoms with Gasteiger partial charge in [0.15, 0.2) is 6.61 Å². The van der Waals surface area contributed by atoms with E-state index in [9.17, 15) is 4.79 Å². The summed E-state index contributed by atoms with van der Waals surface area (Å²) in [7, 11) is 0. The van der Waals surface area contributed by atoms with Crippen molar-refractivity contribution >= 4 is 39.8 Å². The molecule has 0 radical (unpaired) electrons. The second-order valence-electron chi connectivity index (χ2n) is 6.43. The zero-order valence-electron chi connectivity index (χ0n) is 15.2. The van der Waals surface area contributed by atoms with Crippen LogP contribution < -0.4 is 15.0 Å². The van der Waals surface area contributed by atoms with E-state index < -0.39 is 0 Å². The normalized spacial score (nSPS) is 14.1. The maximum Gasteiger partial charge on any atom is 0.262 e. The zero-order chi connectivity index (χ0) is 19.3. The van der Waals surface area contributed by atoms with Gasteiger partial charge in [-0.1, -0.05) is 17.7 Å². The van der Waals surface area contributed by atoms with Crippen molar-refractivity contribution in [3.63, 3.8) is 0 Å². The predicted molar refractivity (Wildman–Crippen MR) is 110 cm³/mol. The first kappa shape index (κ1) is 18.5. The second-order valence-corrected chi connectivity index (χ2v) is 6.84. The van der Waals surface area contributed by atoms with E-state index >= 15 is 0 Å². The molecular weight excluding hydrogens is 378 g/mol. The summed E-state index contributed by atoms with van der Waals surface area (Å²) in [6.07, 6.45) is 1.67. The van der Waals surface area contributed by atoms with Crippen molar-refractivity contribution in [1.82, 2.24) is 4.98 Å². The van der Waals surface area contributed by atoms with Crippen LogP contribution in [0.5, 0.6) is 5.75 Å². The SMILES string of the molecule is O=C(COc1ccc(Cl)c2cccnc12)Nc1cccc(N2CCOCC2)c1. The molecule has 2 aromatic carbocycles. The van der Waals surface area contributed by atoms with Gasteiger partial charge in [-0.3, -0.25) is 9.78 Å². The van der Waals surface area contributed by atoms with Crippen LogP contribution >= 0.6 is 11.6 Å². The van der Waals surface area contributed by atoms with Crippen LogP contribution in [-0.4, -0.2) is 43.8 Å². The van der Waals surface area contributed by atoms with E-state index in [1.165, 1.54) is 0 Å². The maximum absolute atomic E-state index is 12.4. The molecule has 1 saturated heterocycles. The fourth-order valence-corrected chi connectivity index (χ4v) is 3.39. The van der Waals surface area contributed by atoms with Crippen molar-refractivity contribution in [3.05, 3.63) is 59.8 Å². The Kier molecular flexibility index (Phi) is 5.60. The lowest BCUT2D eigenvalue weighted by atomic mass is 10.2. The molecule has 0 atom stereocenters. The highest BCUT2D eigenvalue weighted by Crippen LogP contribution is 2.29. The number of rotatable bonds is 5. The van der Waals surface area contributed by atoms with Gasteiger partial charge in [0.2, 0.25) is 0 Å². The number of fused-ring (bicyclic) bond motifs is 1. The van der Waals surface area contributed by atoms with E-state index in [-0.39, 0.29) is 12.5 Å². The Hall–Kier alpha value is -2.83. The number of morpholine rings is 1. The first-order chi connectivity index (χ1) is 13.7. The lowest BCUT2D eigenvalue weighted by Gasteiger charge is -2.29. The second kappa shape index (κ2) is 8.46. The minimum absolute atomic E-state index is 0.116. The first-order valence-corrected chi connectivity index (χ1v) is 9.47. The summed E-state index contributed by atoms with van der Waals surface area (Å²) in [5.74, 6) is 0.287. The summed E-state index contributed by atoms with van der Waals surface area (Å²) in [6, 6.07) is 14.9. The molecule has 144 valence electrons. The molecule has 1 amide bonds. The van der Waals surface area contributed by atoms with Crippen LogP contribution in [0, 0.1) is 0 Å². The summed E-state index contributed by atoms with van der Waals surface area (Å²) < 4.78 is 11.1. The minimum Gasteiger partial charge on any atom is -0.481 e. The number of halogens is 1. The third-order valence-electron chi connectivity index (χ3n) is 4.54. The number of ether oxygens (including phenoxy) is 2. The Labute approximate surface area is 168 Å². The molecule has 6 nitrogen and oxygen atoms in total. The molecule has 4 rings (SSSR count). The molecule has 0 unspecified atom stereocenters. The Morgan fingerprint density at radius 3 is 2.89 bits per heavy atom. The van der Waals surface area contributed by atoms with Crippen molar-refractivity contribution in [1.29, 1.82) is 0 Å². The quantitative estimate of drug-likeness (QED) is 0.710. The van der Waals surface area contributed by atoms with E-state index in [4.69, 9.17) is 21.1 Å². The van der Waals surface area contributed by atoms with Crippen molar-refractivity contribution in [2.45, 2.75) is 0 Å². The van der Waals surface area contributed by atoms with Crippen molar-refractivity contribution in [2.75, 3.05) is 43.1 Å². The van der Waals surface area contributed by atoms with Gasteiger partial charge < -0.3 is 19.7 Å². The number of carbonyl (C=O) groups excluding carboxylic acids is 1. The topological polar surface area (TPSA) is 63.7 Å². The van der Waals surface area contributed by atoms with Crippen molar-refractivity contribution in [2.24, 2.45) is 0 Å². The number of amides is 1. The fraction of sp³-hybridized carbons (Fsp3) is 0.238. The number of benzene rings is 2. The average Bonchev–Trinajstić information content (AvgIpc) is 2.74. The van der Waals surface area contributed by atoms with Gasteiger partial charge in [0.25, 0.3) is 5.91 Å². The predicted octanol–water partition coefficient (Wildman–Crippen LogP) is 3.74. The average molecular weight is 398 g/mol. The molecule has 2 heterocycles. The zero-order valence-corrected chi connectivity index (χ0v) is 16.0. The monoisotopic (exact) mass is 397 g/mol. The van der Waals surface area contributed by atoms with Gasteiger partial charge in [-0.15, -0.1) is 0 Å². The van der Waals surface area contributed by atoms with Gasteiger partial charge in [-0.2, -0.15) is 0 Å². The van der Waals surface area contributed by atoms with Crippen LogP contribution in [0.25, 0.3) is 10.9 Å². The van der Waals surface area contributed by atoms with Gasteiger partial charge in [0.05, 0.1) is 18.2 Å². The number of carbonyl (C=O) groups is 1. The lowest BCUT2D eigenvalue weighted by molar-refractivity contribution is -0.118. The third kappa shape index (κ3) is 4.18. The smallest absolute Gasteiger partial charge is 0.262 e. The number of hydrogen-bond acceptors (Lipinski definition) is 5. The van der Waals surface area contributed by atoms with Crippen LogP contribution in [0.1, 0.15) is 0 Å². The summed E-state index contributed by atoms with van der Waals surface area (Å²) in [6.45, 7) is 3.00. The summed E-state index contributed by atoms with van der Waals surface area (Å²) >= 11 is 6.19. The van der Waals surface area contributed by atoms with Gasteiger partial charge in [-0.25, -0.2) is 0 Å². The molecule has 1 aliphatic rings. The van der Waals surface area contributed by atoms with Gasteiger partial charge >= 0.3 is 0 Å². The molecule has 0 bridgehead atoms. The highest BCUT2D eigenvalue weighted by atomic mass is 35.5. The van der Waals surface area contributed by atoms with E-state index in [0.717, 1.165) is 29.9 Å². The van der Waals surface area contributed by atoms with Crippen LogP contribution in [0.2, 0.25) is 5.02 Å². The fourth-order valence-electron chi connectivity index (χ4n) is 3.17. The molecular formula is C21H20ClN3O3. The molecule has 0 spiro atoms. The highest BCUT2D eigenvalue weighted by Gasteiger charge is 2.13. The molecule has 3 aromatic rings. The molecule has 28 heavy (non-hydrogen) atoms. The number of nitrogens with one attached hydrogen (secondary N) is 1. The van der Waals surface area contributed by atoms with Crippen LogP contribution in [-0.2, 0) is 9.53 Å². The lowest BCUT2D eigenvalue weighted by Crippen LogP contribution is -2.36. The van der Waals surface area contributed by atoms with Gasteiger partial charge in [0, 0.05) is 36.0 Å². The number of hydrogen-bond donors (Lipinski definition) is 1. The van der Waals surface area contributed by atoms with Crippen molar-refractivity contribution < 1.29 is 14.3 Å². The van der Waals surface area contributed by atoms with E-state index in [0.29, 0.717) is 29.5 Å². The number of pyridine rings is 1. The Morgan fingerprint density at radius 1 is 1.18 bits per heavy atom. The highest BCUT2D eigenvalue weighted by molar-refractivity contribution is 6.35. The Morgan fingerprint density at radius 2 is 2.04 bits per heavy atom. The van der Waals surface area contributed by atoms with E-state index in [2.05, 4.69) is 15.2 Å². The standard InChI is InChI=1S/C21H20ClN3O3/c22-18-6-7-19(21-17(18)5-2-8-23-21)28-14-20(26)24-15-3-1-4-16(13-15)25-9-11-27-12-10-25/h1-8,13H,9-12,14H2,(H,24,26). The van der Waals surface area contributed by atoms with Crippen LogP contribution in [0.4, 0.5) is 11.4 Å². The summed E-state index contributed by atoms with van der Waals surface area (Å²) in [5.41, 5.74) is 2.43. The molecule has 1 fully saturated rings. The van der Waals surface area contributed by atoms with Crippen LogP contribution in [0.15, 0.2) is 54.7 Å². The summed E-state index contributed by atoms with van der Waals surface area (Å²) in [5, 5.41) is 4.27. The first-order valence-electron chi connectivity index (χ1n) is 9.09. The summed E-state index contributed by atoms with van der Waals surface area (Å²) in [4.78, 5) is 18.9. The molecule has 7 heteroatoms. The molecule has 1 aromatic heterocycles. The number of nitrogens with zero attached hydrogens (tertiary/aromatic N) is 2. The number of anilines is 2. The van der Waals surface area contributed by atoms with E-state index in [1.807, 2.05) is 36.4 Å². The largest absolute Gasteiger partial charge is 0.481 e. The number of aromatic nitrogens is 1. The Bertz CT molecular complexity index is 990. The third-order valence-corrected chi connectivity index (χ3v) is 4.87. The van der Waals surface area contributed by atoms with Crippen LogP contribution in [0.3, 0.4) is 0 Å². The Balaban J connectivity index is 1.41. The molecule has 0 saturated carbocycles. The maximum atomic E-state index is 12.4. The van der Waals surface area contributed by atoms with Gasteiger partial charge in [0.1, 0.15) is 11.3 Å².